The fraction of sp³-hybridized carbons (Fsp3) is 0.300. The first-order valence-corrected chi connectivity index (χ1v) is 19.6. The number of fused-ring (bicyclic) bond motifs is 4. The summed E-state index contributed by atoms with van der Waals surface area (Å²) in [6.45, 7) is 0. The monoisotopic (exact) mass is 796 g/mol. The number of benzene rings is 2. The van der Waals surface area contributed by atoms with Gasteiger partial charge in [-0.05, 0) is 87.8 Å². The third-order valence-electron chi connectivity index (χ3n) is 10.0. The summed E-state index contributed by atoms with van der Waals surface area (Å²) in [7, 11) is 0. The molecular weight excluding hydrogens is 757 g/mol. The Labute approximate surface area is 334 Å². The van der Waals surface area contributed by atoms with Crippen LogP contribution in [0.4, 0.5) is 34.9 Å². The molecule has 0 radical (unpaired) electrons. The second-order valence-corrected chi connectivity index (χ2v) is 15.2. The van der Waals surface area contributed by atoms with E-state index in [1.807, 2.05) is 24.3 Å². The molecule has 0 aliphatic heterocycles. The number of hydrogen-bond acceptors (Lipinski definition) is 15. The first kappa shape index (κ1) is 36.1. The fourth-order valence-electron chi connectivity index (χ4n) is 6.24. The molecule has 19 nitrogen and oxygen atoms in total. The summed E-state index contributed by atoms with van der Waals surface area (Å²) in [6.07, 6.45) is 12.3. The van der Waals surface area contributed by atoms with E-state index in [2.05, 4.69) is 66.9 Å². The third kappa shape index (κ3) is 8.26. The van der Waals surface area contributed by atoms with Gasteiger partial charge in [-0.15, -0.1) is 0 Å². The van der Waals surface area contributed by atoms with E-state index in [1.165, 1.54) is 12.8 Å². The maximum absolute atomic E-state index is 12.3. The Morgan fingerprint density at radius 1 is 0.644 bits per heavy atom. The predicted molar refractivity (Wildman–Crippen MR) is 220 cm³/mol. The normalized spacial score (nSPS) is 15.9. The molecule has 6 heterocycles. The molecule has 0 unspecified atom stereocenters. The van der Waals surface area contributed by atoms with Gasteiger partial charge in [-0.25, -0.2) is 14.8 Å². The van der Waals surface area contributed by atoms with E-state index >= 15 is 0 Å². The van der Waals surface area contributed by atoms with Gasteiger partial charge >= 0.3 is 5.97 Å². The summed E-state index contributed by atoms with van der Waals surface area (Å²) in [4.78, 5) is 41.6. The van der Waals surface area contributed by atoms with Gasteiger partial charge in [0, 0.05) is 58.4 Å². The van der Waals surface area contributed by atoms with Gasteiger partial charge in [0.25, 0.3) is 5.91 Å². The van der Waals surface area contributed by atoms with Crippen LogP contribution in [-0.4, -0.2) is 81.5 Å². The lowest BCUT2D eigenvalue weighted by molar-refractivity contribution is 0.0692. The van der Waals surface area contributed by atoms with Crippen molar-refractivity contribution in [1.29, 1.82) is 0 Å². The molecule has 8 aromatic rings. The average Bonchev–Trinajstić information content (AvgIpc) is 4.18. The molecule has 4 aliphatic rings. The van der Waals surface area contributed by atoms with Crippen LogP contribution in [0, 0.1) is 0 Å². The van der Waals surface area contributed by atoms with Gasteiger partial charge in [0.15, 0.2) is 34.2 Å². The zero-order chi connectivity index (χ0) is 40.0. The van der Waals surface area contributed by atoms with Crippen LogP contribution in [0.25, 0.3) is 44.0 Å². The molecule has 4 aliphatic carbocycles. The van der Waals surface area contributed by atoms with Gasteiger partial charge in [-0.1, -0.05) is 0 Å². The zero-order valence-electron chi connectivity index (χ0n) is 31.6. The summed E-state index contributed by atoms with van der Waals surface area (Å²) < 4.78 is 11.0. The van der Waals surface area contributed by atoms with Crippen molar-refractivity contribution in [3.8, 4) is 0 Å². The number of nitrogens with two attached hydrogens (primary N) is 1. The highest BCUT2D eigenvalue weighted by atomic mass is 16.4. The van der Waals surface area contributed by atoms with Crippen molar-refractivity contribution >= 4 is 90.8 Å². The van der Waals surface area contributed by atoms with Crippen LogP contribution in [0.2, 0.25) is 0 Å². The van der Waals surface area contributed by atoms with Gasteiger partial charge in [0.1, 0.15) is 11.0 Å². The second-order valence-electron chi connectivity index (χ2n) is 15.2. The van der Waals surface area contributed by atoms with Crippen LogP contribution in [0.3, 0.4) is 0 Å². The lowest BCUT2D eigenvalue weighted by atomic mass is 10.2. The number of nitrogens with zero attached hydrogens (tertiary/aromatic N) is 6. The quantitative estimate of drug-likeness (QED) is 0.0672. The summed E-state index contributed by atoms with van der Waals surface area (Å²) in [5, 5.41) is 40.3. The van der Waals surface area contributed by atoms with Crippen molar-refractivity contribution in [2.24, 2.45) is 5.73 Å². The highest BCUT2D eigenvalue weighted by molar-refractivity contribution is 6.05. The van der Waals surface area contributed by atoms with Crippen LogP contribution in [0.1, 0.15) is 72.3 Å². The minimum atomic E-state index is -1.07. The van der Waals surface area contributed by atoms with E-state index < -0.39 is 5.97 Å². The summed E-state index contributed by atoms with van der Waals surface area (Å²) in [5.41, 5.74) is 11.3. The molecule has 10 N–H and O–H groups in total. The zero-order valence-corrected chi connectivity index (χ0v) is 31.6. The Morgan fingerprint density at radius 3 is 1.58 bits per heavy atom. The highest BCUT2D eigenvalue weighted by Gasteiger charge is 2.27. The maximum Gasteiger partial charge on any atom is 0.357 e. The van der Waals surface area contributed by atoms with E-state index in [0.717, 1.165) is 66.3 Å². The summed E-state index contributed by atoms with van der Waals surface area (Å²) >= 11 is 0. The number of carbonyl (C=O) groups excluding carboxylic acids is 1. The lowest BCUT2D eigenvalue weighted by Crippen LogP contribution is -2.25. The van der Waals surface area contributed by atoms with Crippen LogP contribution >= 0.6 is 0 Å². The summed E-state index contributed by atoms with van der Waals surface area (Å²) in [5.74, 6) is 1.07. The van der Waals surface area contributed by atoms with Crippen LogP contribution in [-0.2, 0) is 0 Å². The highest BCUT2D eigenvalue weighted by Crippen LogP contribution is 2.32. The molecular formula is C40H40N14O5. The number of carboxylic acid groups (broad SMARTS) is 1. The number of aromatic carboxylic acids is 1. The molecule has 0 atom stereocenters. The van der Waals surface area contributed by atoms with Crippen LogP contribution in [0.5, 0.6) is 0 Å². The van der Waals surface area contributed by atoms with Gasteiger partial charge < -0.3 is 46.3 Å². The number of aromatic nitrogens is 8. The van der Waals surface area contributed by atoms with Gasteiger partial charge in [-0.2, -0.15) is 20.2 Å². The van der Waals surface area contributed by atoms with Crippen LogP contribution in [0.15, 0.2) is 69.9 Å². The molecule has 0 saturated heterocycles. The number of rotatable bonds is 11. The standard InChI is InChI=1S/C20H19N7O2.C17H14N6O3.C3H7N/c28-19(22-11-3-4-11)16-13-6-5-12(9-15(13)26-27-16)23-20-24-14-7-8-29-17(14)18(25-20)21-10-1-2-10;24-16(25)13-10-4-3-9(7-12(10)22-23-13)19-17-20-11-5-6-26-14(11)15(21-17)18-8-1-2-8;4-3-1-2-3/h5-11H,1-4H2,(H,22,28)(H,26,27)(H2,21,23,24,25);3-8H,1-2H2,(H,22,23)(H,24,25)(H2,18,19,20,21);3H,1-2,4H2. The average molecular weight is 797 g/mol. The van der Waals surface area contributed by atoms with Crippen molar-refractivity contribution < 1.29 is 23.5 Å². The number of amides is 1. The van der Waals surface area contributed by atoms with Crippen molar-refractivity contribution in [3.05, 3.63) is 72.4 Å². The van der Waals surface area contributed by atoms with Crippen LogP contribution < -0.4 is 32.3 Å². The molecule has 4 saturated carbocycles. The van der Waals surface area contributed by atoms with Gasteiger partial charge in [0.2, 0.25) is 11.9 Å². The summed E-state index contributed by atoms with van der Waals surface area (Å²) in [6, 6.07) is 16.3. The molecule has 59 heavy (non-hydrogen) atoms. The molecule has 12 rings (SSSR count). The molecule has 1 amide bonds. The lowest BCUT2D eigenvalue weighted by Gasteiger charge is -2.09. The van der Waals surface area contributed by atoms with E-state index in [1.54, 1.807) is 36.8 Å². The Kier molecular flexibility index (Phi) is 9.12. The second kappa shape index (κ2) is 14.9. The van der Waals surface area contributed by atoms with E-state index in [0.29, 0.717) is 81.0 Å². The maximum atomic E-state index is 12.3. The number of carbonyl (C=O) groups is 2. The molecule has 6 aromatic heterocycles. The minimum absolute atomic E-state index is 0.00136. The van der Waals surface area contributed by atoms with Crippen molar-refractivity contribution in [2.45, 2.75) is 75.5 Å². The van der Waals surface area contributed by atoms with Crippen molar-refractivity contribution in [1.82, 2.24) is 45.6 Å². The number of nitrogens with one attached hydrogen (secondary N) is 7. The smallest absolute Gasteiger partial charge is 0.357 e. The predicted octanol–water partition coefficient (Wildman–Crippen LogP) is 6.53. The number of hydrogen-bond donors (Lipinski definition) is 9. The molecule has 19 heteroatoms. The van der Waals surface area contributed by atoms with Crippen molar-refractivity contribution in [2.75, 3.05) is 21.3 Å². The fourth-order valence-corrected chi connectivity index (χ4v) is 6.24. The number of aromatic amines is 2. The Morgan fingerprint density at radius 2 is 1.12 bits per heavy atom. The third-order valence-corrected chi connectivity index (χ3v) is 10.0. The molecule has 4 fully saturated rings. The molecule has 300 valence electrons. The Bertz CT molecular complexity index is 2850. The first-order chi connectivity index (χ1) is 28.8. The number of anilines is 6. The van der Waals surface area contributed by atoms with Crippen molar-refractivity contribution in [3.63, 3.8) is 0 Å². The Hall–Kier alpha value is -7.28. The molecule has 2 aromatic carbocycles. The number of furan rings is 2. The molecule has 0 bridgehead atoms. The largest absolute Gasteiger partial charge is 0.476 e. The van der Waals surface area contributed by atoms with Gasteiger partial charge in [-0.3, -0.25) is 15.0 Å². The van der Waals surface area contributed by atoms with E-state index in [4.69, 9.17) is 19.7 Å². The SMILES string of the molecule is NC1CC1.O=C(NC1CC1)c1n[nH]c2cc(Nc3nc(NC4CC4)c4occc4n3)ccc12.O=C(O)c1n[nH]c2cc(Nc3nc(NC4CC4)c4occc4n3)ccc12. The number of carboxylic acids is 1. The Balaban J connectivity index is 0.000000131. The molecule has 0 spiro atoms. The first-order valence-electron chi connectivity index (χ1n) is 19.6. The number of H-pyrrole nitrogens is 2. The van der Waals surface area contributed by atoms with Gasteiger partial charge in [0.05, 0.1) is 23.6 Å². The minimum Gasteiger partial charge on any atom is -0.476 e. The topological polar surface area (TPSA) is 276 Å². The van der Waals surface area contributed by atoms with E-state index in [9.17, 15) is 9.59 Å². The van der Waals surface area contributed by atoms with E-state index in [-0.39, 0.29) is 11.6 Å².